The van der Waals surface area contributed by atoms with Crippen LogP contribution in [0.25, 0.3) is 5.65 Å². The van der Waals surface area contributed by atoms with Crippen LogP contribution in [-0.2, 0) is 6.54 Å². The van der Waals surface area contributed by atoms with E-state index >= 15 is 0 Å². The molecule has 1 aliphatic heterocycles. The predicted molar refractivity (Wildman–Crippen MR) is 118 cm³/mol. The molecule has 1 N–H and O–H groups in total. The second-order valence-electron chi connectivity index (χ2n) is 7.75. The number of anilines is 1. The van der Waals surface area contributed by atoms with Gasteiger partial charge in [-0.05, 0) is 61.7 Å². The van der Waals surface area contributed by atoms with E-state index in [1.54, 1.807) is 25.3 Å². The molecule has 0 atom stereocenters. The van der Waals surface area contributed by atoms with Gasteiger partial charge in [-0.1, -0.05) is 18.2 Å². The lowest BCUT2D eigenvalue weighted by Crippen LogP contribution is -2.35. The number of likely N-dealkylation sites (tertiary alicyclic amines) is 1. The average molecular weight is 423 g/mol. The van der Waals surface area contributed by atoms with Crippen LogP contribution in [-0.4, -0.2) is 46.0 Å². The molecule has 1 fully saturated rings. The van der Waals surface area contributed by atoms with Crippen molar-refractivity contribution in [3.05, 3.63) is 74.7 Å². The Morgan fingerprint density at radius 3 is 2.61 bits per heavy atom. The van der Waals surface area contributed by atoms with E-state index < -0.39 is 16.2 Å². The molecular weight excluding hydrogens is 398 g/mol. The molecule has 2 aromatic heterocycles. The van der Waals surface area contributed by atoms with Gasteiger partial charge in [-0.3, -0.25) is 24.2 Å². The number of nitrogens with zero attached hydrogens (tertiary/aromatic N) is 4. The van der Waals surface area contributed by atoms with E-state index in [-0.39, 0.29) is 5.82 Å². The van der Waals surface area contributed by atoms with Crippen molar-refractivity contribution in [3.8, 4) is 5.75 Å². The highest BCUT2D eigenvalue weighted by atomic mass is 16.6. The minimum absolute atomic E-state index is 0.0434. The van der Waals surface area contributed by atoms with Gasteiger partial charge in [-0.25, -0.2) is 4.98 Å². The summed E-state index contributed by atoms with van der Waals surface area (Å²) in [6.07, 6.45) is 3.44. The highest BCUT2D eigenvalue weighted by Gasteiger charge is 2.25. The van der Waals surface area contributed by atoms with E-state index in [0.717, 1.165) is 38.2 Å². The van der Waals surface area contributed by atoms with Crippen molar-refractivity contribution in [2.24, 2.45) is 5.92 Å². The lowest BCUT2D eigenvalue weighted by Gasteiger charge is -2.32. The number of fused-ring (bicyclic) bond motifs is 1. The van der Waals surface area contributed by atoms with E-state index in [1.165, 1.54) is 16.2 Å². The van der Waals surface area contributed by atoms with Gasteiger partial charge in [0.25, 0.3) is 0 Å². The standard InChI is InChI=1S/C22H25N5O4/c1-31-18-7-5-17(6-8-18)15-25-12-9-16(10-13-25)14-23-21-20(27(29)30)22(28)26-11-3-2-4-19(26)24-21/h2-8,11,16,23H,9-10,12-15H2,1H3. The molecule has 1 aromatic carbocycles. The van der Waals surface area contributed by atoms with Gasteiger partial charge in [0.05, 0.1) is 12.0 Å². The van der Waals surface area contributed by atoms with Gasteiger partial charge in [0, 0.05) is 19.3 Å². The van der Waals surface area contributed by atoms with Crippen LogP contribution in [0.15, 0.2) is 53.5 Å². The number of aromatic nitrogens is 2. The van der Waals surface area contributed by atoms with Crippen LogP contribution in [0.1, 0.15) is 18.4 Å². The van der Waals surface area contributed by atoms with Crippen molar-refractivity contribution in [1.82, 2.24) is 14.3 Å². The topological polar surface area (TPSA) is 102 Å². The molecule has 3 aromatic rings. The first-order valence-corrected chi connectivity index (χ1v) is 10.3. The van der Waals surface area contributed by atoms with Crippen molar-refractivity contribution in [2.45, 2.75) is 19.4 Å². The molecule has 0 radical (unpaired) electrons. The maximum Gasteiger partial charge on any atom is 0.376 e. The number of ether oxygens (including phenoxy) is 1. The zero-order chi connectivity index (χ0) is 21.8. The zero-order valence-corrected chi connectivity index (χ0v) is 17.4. The fourth-order valence-electron chi connectivity index (χ4n) is 3.95. The van der Waals surface area contributed by atoms with Crippen LogP contribution >= 0.6 is 0 Å². The monoisotopic (exact) mass is 423 g/mol. The molecule has 3 heterocycles. The quantitative estimate of drug-likeness (QED) is 0.460. The number of benzene rings is 1. The molecule has 4 rings (SSSR count). The van der Waals surface area contributed by atoms with Crippen molar-refractivity contribution in [3.63, 3.8) is 0 Å². The average Bonchev–Trinajstić information content (AvgIpc) is 2.79. The van der Waals surface area contributed by atoms with E-state index in [9.17, 15) is 14.9 Å². The smallest absolute Gasteiger partial charge is 0.376 e. The van der Waals surface area contributed by atoms with Crippen LogP contribution < -0.4 is 15.6 Å². The number of hydrogen-bond donors (Lipinski definition) is 1. The molecule has 0 spiro atoms. The van der Waals surface area contributed by atoms with Gasteiger partial charge in [-0.15, -0.1) is 0 Å². The molecule has 0 unspecified atom stereocenters. The predicted octanol–water partition coefficient (Wildman–Crippen LogP) is 2.94. The lowest BCUT2D eigenvalue weighted by molar-refractivity contribution is -0.385. The van der Waals surface area contributed by atoms with Crippen molar-refractivity contribution in [2.75, 3.05) is 32.1 Å². The Labute approximate surface area is 179 Å². The summed E-state index contributed by atoms with van der Waals surface area (Å²) in [4.78, 5) is 30.1. The second kappa shape index (κ2) is 9.13. The van der Waals surface area contributed by atoms with E-state index in [2.05, 4.69) is 27.3 Å². The van der Waals surface area contributed by atoms with Gasteiger partial charge in [-0.2, -0.15) is 0 Å². The number of nitro groups is 1. The number of methoxy groups -OCH3 is 1. The number of pyridine rings is 1. The van der Waals surface area contributed by atoms with Crippen molar-refractivity contribution < 1.29 is 9.66 Å². The number of rotatable bonds is 7. The molecule has 1 saturated heterocycles. The molecule has 0 saturated carbocycles. The Bertz CT molecular complexity index is 1120. The van der Waals surface area contributed by atoms with E-state index in [0.29, 0.717) is 18.1 Å². The first kappa shape index (κ1) is 20.8. The summed E-state index contributed by atoms with van der Waals surface area (Å²) >= 11 is 0. The summed E-state index contributed by atoms with van der Waals surface area (Å²) in [5.74, 6) is 1.26. The van der Waals surface area contributed by atoms with Gasteiger partial charge in [0.15, 0.2) is 0 Å². The van der Waals surface area contributed by atoms with Crippen molar-refractivity contribution in [1.29, 1.82) is 0 Å². The third-order valence-electron chi connectivity index (χ3n) is 5.72. The van der Waals surface area contributed by atoms with Gasteiger partial charge >= 0.3 is 11.2 Å². The fourth-order valence-corrected chi connectivity index (χ4v) is 3.95. The molecule has 9 heteroatoms. The van der Waals surface area contributed by atoms with E-state index in [4.69, 9.17) is 4.74 Å². The second-order valence-corrected chi connectivity index (χ2v) is 7.75. The highest BCUT2D eigenvalue weighted by Crippen LogP contribution is 2.23. The maximum atomic E-state index is 12.5. The highest BCUT2D eigenvalue weighted by molar-refractivity contribution is 5.59. The van der Waals surface area contributed by atoms with Crippen LogP contribution in [0.3, 0.4) is 0 Å². The molecule has 0 aliphatic carbocycles. The van der Waals surface area contributed by atoms with Crippen LogP contribution in [0, 0.1) is 16.0 Å². The molecule has 0 amide bonds. The Kier molecular flexibility index (Phi) is 6.13. The molecule has 9 nitrogen and oxygen atoms in total. The summed E-state index contributed by atoms with van der Waals surface area (Å²) in [5, 5.41) is 14.6. The Morgan fingerprint density at radius 2 is 1.94 bits per heavy atom. The molecule has 162 valence electrons. The molecule has 31 heavy (non-hydrogen) atoms. The molecule has 1 aliphatic rings. The summed E-state index contributed by atoms with van der Waals surface area (Å²) in [5.41, 5.74) is 0.441. The van der Waals surface area contributed by atoms with Crippen LogP contribution in [0.5, 0.6) is 5.75 Å². The van der Waals surface area contributed by atoms with Crippen LogP contribution in [0.2, 0.25) is 0 Å². The maximum absolute atomic E-state index is 12.5. The zero-order valence-electron chi connectivity index (χ0n) is 17.4. The number of hydrogen-bond acceptors (Lipinski definition) is 7. The summed E-state index contributed by atoms with van der Waals surface area (Å²) in [7, 11) is 1.66. The molecule has 0 bridgehead atoms. The first-order valence-electron chi connectivity index (χ1n) is 10.3. The van der Waals surface area contributed by atoms with Gasteiger partial charge in [0.2, 0.25) is 5.82 Å². The largest absolute Gasteiger partial charge is 0.497 e. The Hall–Kier alpha value is -3.46. The summed E-state index contributed by atoms with van der Waals surface area (Å²) in [6.45, 7) is 3.34. The SMILES string of the molecule is COc1ccc(CN2CCC(CNc3nc4ccccn4c(=O)c3[N+](=O)[O-])CC2)cc1. The minimum atomic E-state index is -0.674. The first-order chi connectivity index (χ1) is 15.0. The summed E-state index contributed by atoms with van der Waals surface area (Å²) in [6, 6.07) is 13.2. The summed E-state index contributed by atoms with van der Waals surface area (Å²) < 4.78 is 6.40. The Morgan fingerprint density at radius 1 is 1.19 bits per heavy atom. The molecular formula is C22H25N5O4. The minimum Gasteiger partial charge on any atom is -0.497 e. The Balaban J connectivity index is 1.37. The fraction of sp³-hybridized carbons (Fsp3) is 0.364. The van der Waals surface area contributed by atoms with E-state index in [1.807, 2.05) is 12.1 Å². The van der Waals surface area contributed by atoms with Crippen LogP contribution in [0.4, 0.5) is 11.5 Å². The number of piperidine rings is 1. The van der Waals surface area contributed by atoms with Gasteiger partial charge < -0.3 is 10.1 Å². The lowest BCUT2D eigenvalue weighted by atomic mass is 9.96. The third kappa shape index (κ3) is 4.66. The number of nitrogens with one attached hydrogen (secondary N) is 1. The normalized spacial score (nSPS) is 15.1. The third-order valence-corrected chi connectivity index (χ3v) is 5.72. The van der Waals surface area contributed by atoms with Gasteiger partial charge in [0.1, 0.15) is 11.4 Å². The van der Waals surface area contributed by atoms with Crippen molar-refractivity contribution >= 4 is 17.2 Å².